The van der Waals surface area contributed by atoms with Gasteiger partial charge in [-0.2, -0.15) is 13.2 Å². The van der Waals surface area contributed by atoms with Gasteiger partial charge in [0.05, 0.1) is 5.56 Å². The van der Waals surface area contributed by atoms with E-state index >= 15 is 0 Å². The molecule has 0 saturated heterocycles. The van der Waals surface area contributed by atoms with Crippen LogP contribution in [-0.4, -0.2) is 6.03 Å². The molecule has 0 bridgehead atoms. The van der Waals surface area contributed by atoms with Gasteiger partial charge in [0.1, 0.15) is 5.82 Å². The first-order valence-corrected chi connectivity index (χ1v) is 4.20. The lowest BCUT2D eigenvalue weighted by molar-refractivity contribution is -0.138. The molecule has 2 amide bonds. The van der Waals surface area contributed by atoms with Gasteiger partial charge in [0.15, 0.2) is 0 Å². The molecule has 0 saturated carbocycles. The van der Waals surface area contributed by atoms with Gasteiger partial charge in [0.25, 0.3) is 0 Å². The summed E-state index contributed by atoms with van der Waals surface area (Å²) < 4.78 is 50.5. The molecule has 0 aliphatic rings. The van der Waals surface area contributed by atoms with Crippen LogP contribution in [0.15, 0.2) is 18.2 Å². The van der Waals surface area contributed by atoms with Crippen LogP contribution in [0.2, 0.25) is 0 Å². The first-order valence-electron chi connectivity index (χ1n) is 4.20. The number of alkyl halides is 3. The van der Waals surface area contributed by atoms with Crippen molar-refractivity contribution in [2.45, 2.75) is 12.7 Å². The number of nitrogens with one attached hydrogen (secondary N) is 1. The third-order valence-corrected chi connectivity index (χ3v) is 1.86. The van der Waals surface area contributed by atoms with Crippen molar-refractivity contribution < 1.29 is 22.4 Å². The highest BCUT2D eigenvalue weighted by molar-refractivity contribution is 5.71. The zero-order valence-corrected chi connectivity index (χ0v) is 7.94. The zero-order valence-electron chi connectivity index (χ0n) is 7.94. The highest BCUT2D eigenvalue weighted by Gasteiger charge is 2.34. The number of rotatable bonds is 2. The lowest BCUT2D eigenvalue weighted by Gasteiger charge is -2.13. The summed E-state index contributed by atoms with van der Waals surface area (Å²) in [5.41, 5.74) is 2.94. The highest BCUT2D eigenvalue weighted by Crippen LogP contribution is 2.32. The minimum Gasteiger partial charge on any atom is -0.352 e. The molecule has 0 aromatic heterocycles. The number of primary amides is 1. The summed E-state index contributed by atoms with van der Waals surface area (Å²) in [7, 11) is 0. The van der Waals surface area contributed by atoms with Gasteiger partial charge in [-0.15, -0.1) is 0 Å². The molecule has 0 aliphatic heterocycles. The van der Waals surface area contributed by atoms with Crippen molar-refractivity contribution in [3.8, 4) is 0 Å². The van der Waals surface area contributed by atoms with E-state index in [4.69, 9.17) is 5.73 Å². The first-order chi connectivity index (χ1) is 7.32. The second-order valence-corrected chi connectivity index (χ2v) is 2.98. The van der Waals surface area contributed by atoms with E-state index < -0.39 is 35.7 Å². The van der Waals surface area contributed by atoms with Crippen LogP contribution in [0.5, 0.6) is 0 Å². The molecule has 1 rings (SSSR count). The molecule has 0 fully saturated rings. The maximum absolute atomic E-state index is 13.1. The molecule has 88 valence electrons. The van der Waals surface area contributed by atoms with Crippen molar-refractivity contribution in [1.82, 2.24) is 5.32 Å². The minimum absolute atomic E-state index is 0.600. The average molecular weight is 236 g/mol. The summed E-state index contributed by atoms with van der Waals surface area (Å²) in [6.45, 7) is -0.600. The topological polar surface area (TPSA) is 55.1 Å². The van der Waals surface area contributed by atoms with Crippen LogP contribution in [0.4, 0.5) is 22.4 Å². The summed E-state index contributed by atoms with van der Waals surface area (Å²) in [5, 5.41) is 1.91. The van der Waals surface area contributed by atoms with Gasteiger partial charge in [-0.05, 0) is 12.1 Å². The zero-order chi connectivity index (χ0) is 12.3. The summed E-state index contributed by atoms with van der Waals surface area (Å²) in [6, 6.07) is 1.55. The van der Waals surface area contributed by atoms with Crippen LogP contribution in [-0.2, 0) is 12.7 Å². The number of hydrogen-bond acceptors (Lipinski definition) is 1. The van der Waals surface area contributed by atoms with Crippen LogP contribution in [0.1, 0.15) is 11.1 Å². The predicted molar refractivity (Wildman–Crippen MR) is 47.8 cm³/mol. The van der Waals surface area contributed by atoms with Gasteiger partial charge in [-0.25, -0.2) is 9.18 Å². The Morgan fingerprint density at radius 3 is 2.50 bits per heavy atom. The number of halogens is 4. The van der Waals surface area contributed by atoms with E-state index in [-0.39, 0.29) is 0 Å². The van der Waals surface area contributed by atoms with Crippen LogP contribution < -0.4 is 11.1 Å². The molecular weight excluding hydrogens is 228 g/mol. The number of carbonyl (C=O) groups excluding carboxylic acids is 1. The Bertz CT molecular complexity index is 403. The van der Waals surface area contributed by atoms with E-state index in [1.807, 2.05) is 5.32 Å². The van der Waals surface area contributed by atoms with Crippen LogP contribution >= 0.6 is 0 Å². The maximum atomic E-state index is 13.1. The first kappa shape index (κ1) is 12.3. The Balaban J connectivity index is 3.09. The Morgan fingerprint density at radius 1 is 1.38 bits per heavy atom. The molecule has 0 heterocycles. The summed E-state index contributed by atoms with van der Waals surface area (Å²) in [6.07, 6.45) is -4.67. The Morgan fingerprint density at radius 2 is 2.00 bits per heavy atom. The molecule has 1 aromatic carbocycles. The average Bonchev–Trinajstić information content (AvgIpc) is 2.13. The molecule has 0 radical (unpaired) electrons. The standard InChI is InChI=1S/C9H8F4N2O/c10-7-3-1-2-6(9(11,12)13)5(7)4-15-8(14)16/h1-3H,4H2,(H3,14,15,16). The van der Waals surface area contributed by atoms with E-state index in [1.54, 1.807) is 0 Å². The van der Waals surface area contributed by atoms with E-state index in [1.165, 1.54) is 0 Å². The van der Waals surface area contributed by atoms with Crippen molar-refractivity contribution in [2.24, 2.45) is 5.73 Å². The largest absolute Gasteiger partial charge is 0.416 e. The lowest BCUT2D eigenvalue weighted by Crippen LogP contribution is -2.30. The Kier molecular flexibility index (Phi) is 3.36. The number of urea groups is 1. The molecule has 0 unspecified atom stereocenters. The van der Waals surface area contributed by atoms with Gasteiger partial charge < -0.3 is 11.1 Å². The fourth-order valence-corrected chi connectivity index (χ4v) is 1.18. The molecule has 0 aliphatic carbocycles. The van der Waals surface area contributed by atoms with E-state index in [9.17, 15) is 22.4 Å². The third-order valence-electron chi connectivity index (χ3n) is 1.86. The molecule has 7 heteroatoms. The number of hydrogen-bond donors (Lipinski definition) is 2. The fraction of sp³-hybridized carbons (Fsp3) is 0.222. The predicted octanol–water partition coefficient (Wildman–Crippen LogP) is 2.01. The lowest BCUT2D eigenvalue weighted by atomic mass is 10.1. The van der Waals surface area contributed by atoms with Gasteiger partial charge >= 0.3 is 12.2 Å². The SMILES string of the molecule is NC(=O)NCc1c(F)cccc1C(F)(F)F. The van der Waals surface area contributed by atoms with Crippen molar-refractivity contribution in [1.29, 1.82) is 0 Å². The van der Waals surface area contributed by atoms with Crippen molar-refractivity contribution in [2.75, 3.05) is 0 Å². The van der Waals surface area contributed by atoms with Crippen molar-refractivity contribution >= 4 is 6.03 Å². The molecule has 0 atom stereocenters. The Hall–Kier alpha value is -1.79. The molecule has 0 spiro atoms. The van der Waals surface area contributed by atoms with Crippen LogP contribution in [0, 0.1) is 5.82 Å². The smallest absolute Gasteiger partial charge is 0.352 e. The summed E-state index contributed by atoms with van der Waals surface area (Å²) >= 11 is 0. The van der Waals surface area contributed by atoms with Gasteiger partial charge in [0, 0.05) is 12.1 Å². The number of carbonyl (C=O) groups is 1. The monoisotopic (exact) mass is 236 g/mol. The number of nitrogens with two attached hydrogens (primary N) is 1. The second kappa shape index (κ2) is 4.38. The van der Waals surface area contributed by atoms with E-state index in [0.717, 1.165) is 18.2 Å². The normalized spacial score (nSPS) is 11.2. The van der Waals surface area contributed by atoms with Gasteiger partial charge in [-0.1, -0.05) is 6.07 Å². The molecular formula is C9H8F4N2O. The molecule has 16 heavy (non-hydrogen) atoms. The van der Waals surface area contributed by atoms with Crippen molar-refractivity contribution in [3.63, 3.8) is 0 Å². The van der Waals surface area contributed by atoms with Gasteiger partial charge in [0.2, 0.25) is 0 Å². The van der Waals surface area contributed by atoms with Crippen LogP contribution in [0.3, 0.4) is 0 Å². The molecule has 1 aromatic rings. The van der Waals surface area contributed by atoms with E-state index in [2.05, 4.69) is 0 Å². The minimum atomic E-state index is -4.67. The van der Waals surface area contributed by atoms with Gasteiger partial charge in [-0.3, -0.25) is 0 Å². The summed E-state index contributed by atoms with van der Waals surface area (Å²) in [5.74, 6) is -1.04. The third kappa shape index (κ3) is 2.85. The van der Waals surface area contributed by atoms with E-state index in [0.29, 0.717) is 0 Å². The molecule has 3 nitrogen and oxygen atoms in total. The Labute approximate surface area is 88.2 Å². The summed E-state index contributed by atoms with van der Waals surface area (Å²) in [4.78, 5) is 10.4. The number of benzene rings is 1. The highest BCUT2D eigenvalue weighted by atomic mass is 19.4. The maximum Gasteiger partial charge on any atom is 0.416 e. The number of amides is 2. The van der Waals surface area contributed by atoms with Crippen LogP contribution in [0.25, 0.3) is 0 Å². The van der Waals surface area contributed by atoms with Crippen molar-refractivity contribution in [3.05, 3.63) is 35.1 Å². The second-order valence-electron chi connectivity index (χ2n) is 2.98. The quantitative estimate of drug-likeness (QED) is 0.758. The molecule has 3 N–H and O–H groups in total. The fourth-order valence-electron chi connectivity index (χ4n) is 1.18.